The van der Waals surface area contributed by atoms with Crippen LogP contribution in [0.4, 0.5) is 0 Å². The molecule has 0 aliphatic carbocycles. The molecule has 0 atom stereocenters. The van der Waals surface area contributed by atoms with Crippen LogP contribution in [-0.2, 0) is 0 Å². The van der Waals surface area contributed by atoms with E-state index in [-0.39, 0.29) is 0 Å². The molecule has 4 heteroatoms. The van der Waals surface area contributed by atoms with Gasteiger partial charge in [0.05, 0.1) is 0 Å². The highest BCUT2D eigenvalue weighted by Crippen LogP contribution is 2.28. The van der Waals surface area contributed by atoms with Crippen LogP contribution < -0.4 is 0 Å². The van der Waals surface area contributed by atoms with E-state index in [0.717, 1.165) is 0 Å². The van der Waals surface area contributed by atoms with Gasteiger partial charge in [-0.3, -0.25) is 0 Å². The van der Waals surface area contributed by atoms with Gasteiger partial charge in [0.15, 0.2) is 0 Å². The van der Waals surface area contributed by atoms with Crippen LogP contribution in [-0.4, -0.2) is 67.2 Å². The Morgan fingerprint density at radius 3 is 1.21 bits per heavy atom. The van der Waals surface area contributed by atoms with Crippen LogP contribution in [0.2, 0.25) is 43.9 Å². The summed E-state index contributed by atoms with van der Waals surface area (Å²) < 4.78 is 0. The van der Waals surface area contributed by atoms with Gasteiger partial charge in [-0.15, -0.1) is 0 Å². The summed E-state index contributed by atoms with van der Waals surface area (Å²) >= 11 is 0. The van der Waals surface area contributed by atoms with Crippen LogP contribution in [0.5, 0.6) is 0 Å². The maximum Gasteiger partial charge on any atom is 0.0448 e. The molecule has 0 amide bonds. The average molecular weight is 303 g/mol. The molecule has 0 N–H and O–H groups in total. The third-order valence-corrected chi connectivity index (χ3v) is 14.9. The fourth-order valence-electron chi connectivity index (χ4n) is 3.22. The van der Waals surface area contributed by atoms with Crippen LogP contribution in [0.1, 0.15) is 12.8 Å². The van der Waals surface area contributed by atoms with E-state index in [0.29, 0.717) is 0 Å². The monoisotopic (exact) mass is 302 g/mol. The summed E-state index contributed by atoms with van der Waals surface area (Å²) in [5.74, 6) is 0. The predicted octanol–water partition coefficient (Wildman–Crippen LogP) is 3.85. The number of hydrogen-bond acceptors (Lipinski definition) is 2. The summed E-state index contributed by atoms with van der Waals surface area (Å²) in [7, 11) is 6.83. The molecule has 0 spiro atoms. The molecule has 0 aromatic heterocycles. The molecule has 116 valence electrons. The van der Waals surface area contributed by atoms with Crippen molar-refractivity contribution >= 4 is 16.1 Å². The Morgan fingerprint density at radius 1 is 0.632 bits per heavy atom. The van der Waals surface area contributed by atoms with Gasteiger partial charge in [-0.1, -0.05) is 43.9 Å². The van der Waals surface area contributed by atoms with Crippen molar-refractivity contribution in [2.24, 2.45) is 0 Å². The summed E-state index contributed by atoms with van der Waals surface area (Å²) in [6.45, 7) is 13.0. The molecule has 0 radical (unpaired) electrons. The minimum Gasteiger partial charge on any atom is -0.309 e. The first-order chi connectivity index (χ1) is 8.54. The van der Waals surface area contributed by atoms with Crippen molar-refractivity contribution < 1.29 is 0 Å². The smallest absolute Gasteiger partial charge is 0.0448 e. The SMILES string of the molecule is CN(C)CCC[Si](C)(C)C[Si](C)(C)CCCN(C)C. The van der Waals surface area contributed by atoms with Crippen molar-refractivity contribution in [3.05, 3.63) is 0 Å². The van der Waals surface area contributed by atoms with Crippen LogP contribution in [0.25, 0.3) is 0 Å². The number of hydrogen-bond donors (Lipinski definition) is 0. The molecule has 0 saturated carbocycles. The van der Waals surface area contributed by atoms with E-state index in [1.165, 1.54) is 38.0 Å². The average Bonchev–Trinajstić information content (AvgIpc) is 2.12. The topological polar surface area (TPSA) is 6.48 Å². The van der Waals surface area contributed by atoms with Crippen LogP contribution in [0.15, 0.2) is 0 Å². The molecule has 0 aromatic rings. The second-order valence-corrected chi connectivity index (χ2v) is 19.4. The zero-order chi connectivity index (χ0) is 15.1. The first-order valence-corrected chi connectivity index (χ1v) is 14.7. The molecule has 0 aliphatic rings. The normalized spacial score (nSPS) is 13.6. The van der Waals surface area contributed by atoms with Crippen molar-refractivity contribution in [1.29, 1.82) is 0 Å². The highest BCUT2D eigenvalue weighted by Gasteiger charge is 2.31. The summed E-state index contributed by atoms with van der Waals surface area (Å²) in [5.41, 5.74) is 1.61. The van der Waals surface area contributed by atoms with Crippen molar-refractivity contribution in [1.82, 2.24) is 9.80 Å². The second-order valence-electron chi connectivity index (χ2n) is 8.32. The van der Waals surface area contributed by atoms with Crippen molar-refractivity contribution in [3.63, 3.8) is 0 Å². The minimum atomic E-state index is -0.961. The molecule has 0 aromatic carbocycles. The highest BCUT2D eigenvalue weighted by atomic mass is 28.4. The van der Waals surface area contributed by atoms with Gasteiger partial charge in [0.25, 0.3) is 0 Å². The molecule has 0 rings (SSSR count). The molecular weight excluding hydrogens is 264 g/mol. The maximum absolute atomic E-state index is 2.61. The van der Waals surface area contributed by atoms with Gasteiger partial charge in [0, 0.05) is 16.1 Å². The van der Waals surface area contributed by atoms with Crippen LogP contribution >= 0.6 is 0 Å². The van der Waals surface area contributed by atoms with E-state index >= 15 is 0 Å². The summed E-state index contributed by atoms with van der Waals surface area (Å²) in [6, 6.07) is 3.02. The molecule has 19 heavy (non-hydrogen) atoms. The van der Waals surface area contributed by atoms with E-state index in [1.54, 1.807) is 5.67 Å². The van der Waals surface area contributed by atoms with E-state index in [2.05, 4.69) is 64.2 Å². The van der Waals surface area contributed by atoms with Gasteiger partial charge >= 0.3 is 0 Å². The largest absolute Gasteiger partial charge is 0.309 e. The molecule has 0 unspecified atom stereocenters. The van der Waals surface area contributed by atoms with Gasteiger partial charge in [-0.05, 0) is 54.1 Å². The summed E-state index contributed by atoms with van der Waals surface area (Å²) in [5, 5.41) is 0. The lowest BCUT2D eigenvalue weighted by Gasteiger charge is -2.33. The zero-order valence-electron chi connectivity index (χ0n) is 14.8. The zero-order valence-corrected chi connectivity index (χ0v) is 16.8. The summed E-state index contributed by atoms with van der Waals surface area (Å²) in [4.78, 5) is 4.65. The molecule has 0 aliphatic heterocycles. The van der Waals surface area contributed by atoms with E-state index in [9.17, 15) is 0 Å². The number of rotatable bonds is 10. The highest BCUT2D eigenvalue weighted by molar-refractivity contribution is 6.95. The third kappa shape index (κ3) is 11.8. The Balaban J connectivity index is 4.06. The van der Waals surface area contributed by atoms with E-state index < -0.39 is 16.1 Å². The molecule has 0 saturated heterocycles. The van der Waals surface area contributed by atoms with Crippen LogP contribution in [0.3, 0.4) is 0 Å². The van der Waals surface area contributed by atoms with Crippen molar-refractivity contribution in [2.75, 3.05) is 41.3 Å². The van der Waals surface area contributed by atoms with Gasteiger partial charge in [0.2, 0.25) is 0 Å². The summed E-state index contributed by atoms with van der Waals surface area (Å²) in [6.07, 6.45) is 2.79. The fourth-order valence-corrected chi connectivity index (χ4v) is 17.2. The first kappa shape index (κ1) is 19.4. The quantitative estimate of drug-likeness (QED) is 0.566. The first-order valence-electron chi connectivity index (χ1n) is 7.84. The van der Waals surface area contributed by atoms with Gasteiger partial charge in [-0.25, -0.2) is 0 Å². The maximum atomic E-state index is 2.61. The van der Waals surface area contributed by atoms with Gasteiger partial charge in [-0.2, -0.15) is 0 Å². The Bertz CT molecular complexity index is 214. The Morgan fingerprint density at radius 2 is 0.947 bits per heavy atom. The van der Waals surface area contributed by atoms with E-state index in [4.69, 9.17) is 0 Å². The lowest BCUT2D eigenvalue weighted by atomic mass is 10.5. The Hall–Kier alpha value is 0.354. The van der Waals surface area contributed by atoms with Crippen LogP contribution in [0, 0.1) is 0 Å². The van der Waals surface area contributed by atoms with Gasteiger partial charge < -0.3 is 9.80 Å². The second kappa shape index (κ2) is 8.60. The lowest BCUT2D eigenvalue weighted by molar-refractivity contribution is 0.407. The predicted molar refractivity (Wildman–Crippen MR) is 95.7 cm³/mol. The number of nitrogens with zero attached hydrogens (tertiary/aromatic N) is 2. The molecule has 0 heterocycles. The van der Waals surface area contributed by atoms with Gasteiger partial charge in [0.1, 0.15) is 0 Å². The standard InChI is InChI=1S/C15H38N2Si2/c1-16(2)11-9-13-18(5,6)15-19(7,8)14-10-12-17(3)4/h9-15H2,1-8H3. The molecule has 0 bridgehead atoms. The van der Waals surface area contributed by atoms with Crippen molar-refractivity contribution in [3.8, 4) is 0 Å². The lowest BCUT2D eigenvalue weighted by Crippen LogP contribution is -2.40. The van der Waals surface area contributed by atoms with Crippen molar-refractivity contribution in [2.45, 2.75) is 56.8 Å². The van der Waals surface area contributed by atoms with E-state index in [1.807, 2.05) is 0 Å². The molecular formula is C15H38N2Si2. The Labute approximate surface area is 124 Å². The molecule has 0 fully saturated rings. The third-order valence-electron chi connectivity index (χ3n) is 3.87. The Kier molecular flexibility index (Phi) is 8.76. The molecule has 2 nitrogen and oxygen atoms in total. The minimum absolute atomic E-state index is 0.961. The fraction of sp³-hybridized carbons (Fsp3) is 1.00.